The fourth-order valence-corrected chi connectivity index (χ4v) is 5.16. The minimum atomic E-state index is -0.270. The van der Waals surface area contributed by atoms with Gasteiger partial charge in [-0.1, -0.05) is 60.7 Å². The highest BCUT2D eigenvalue weighted by Crippen LogP contribution is 2.23. The normalized spacial score (nSPS) is 13.2. The lowest BCUT2D eigenvalue weighted by atomic mass is 10.0. The highest BCUT2D eigenvalue weighted by Gasteiger charge is 2.24. The number of anilines is 2. The van der Waals surface area contributed by atoms with Crippen molar-refractivity contribution in [2.24, 2.45) is 0 Å². The number of rotatable bonds is 5. The number of nitrogens with zero attached hydrogens (tertiary/aromatic N) is 2. The van der Waals surface area contributed by atoms with E-state index in [1.54, 1.807) is 12.1 Å². The summed E-state index contributed by atoms with van der Waals surface area (Å²) in [7, 11) is 0. The zero-order valence-electron chi connectivity index (χ0n) is 22.2. The largest absolute Gasteiger partial charge is 0.451 e. The average molecular weight is 561 g/mol. The molecule has 0 unspecified atom stereocenters. The summed E-state index contributed by atoms with van der Waals surface area (Å²) in [5, 5.41) is 6.98. The van der Waals surface area contributed by atoms with Gasteiger partial charge in [-0.15, -0.1) is 0 Å². The summed E-state index contributed by atoms with van der Waals surface area (Å²) in [6.45, 7) is 2.66. The molecule has 41 heavy (non-hydrogen) atoms. The van der Waals surface area contributed by atoms with E-state index in [1.165, 1.54) is 0 Å². The number of carbonyl (C=O) groups excluding carboxylic acids is 2. The first-order valence-electron chi connectivity index (χ1n) is 13.4. The quantitative estimate of drug-likeness (QED) is 0.250. The van der Waals surface area contributed by atoms with Crippen LogP contribution in [0.2, 0.25) is 0 Å². The second-order valence-corrected chi connectivity index (χ2v) is 10.2. The van der Waals surface area contributed by atoms with Crippen molar-refractivity contribution in [3.63, 3.8) is 0 Å². The van der Waals surface area contributed by atoms with Gasteiger partial charge in [0.25, 0.3) is 11.8 Å². The van der Waals surface area contributed by atoms with Gasteiger partial charge in [-0.2, -0.15) is 0 Å². The maximum Gasteiger partial charge on any atom is 0.289 e. The third-order valence-corrected chi connectivity index (χ3v) is 7.38. The molecule has 7 nitrogen and oxygen atoms in total. The Balaban J connectivity index is 0.994. The zero-order chi connectivity index (χ0) is 28.2. The van der Waals surface area contributed by atoms with E-state index < -0.39 is 0 Å². The van der Waals surface area contributed by atoms with Crippen LogP contribution in [0.5, 0.6) is 0 Å². The summed E-state index contributed by atoms with van der Waals surface area (Å²) in [4.78, 5) is 29.7. The van der Waals surface area contributed by atoms with E-state index in [0.29, 0.717) is 24.4 Å². The van der Waals surface area contributed by atoms with Gasteiger partial charge in [-0.25, -0.2) is 0 Å². The van der Waals surface area contributed by atoms with Crippen LogP contribution in [0, 0.1) is 0 Å². The summed E-state index contributed by atoms with van der Waals surface area (Å²) < 4.78 is 5.76. The smallest absolute Gasteiger partial charge is 0.289 e. The van der Waals surface area contributed by atoms with E-state index in [-0.39, 0.29) is 16.9 Å². The van der Waals surface area contributed by atoms with Crippen LogP contribution in [0.3, 0.4) is 0 Å². The summed E-state index contributed by atoms with van der Waals surface area (Å²) in [6.07, 6.45) is 0. The van der Waals surface area contributed by atoms with Crippen molar-refractivity contribution in [1.82, 2.24) is 10.2 Å². The van der Waals surface area contributed by atoms with Gasteiger partial charge in [-0.05, 0) is 71.9 Å². The van der Waals surface area contributed by atoms with Gasteiger partial charge in [0, 0.05) is 48.5 Å². The molecule has 2 amide bonds. The molecule has 2 N–H and O–H groups in total. The lowest BCUT2D eigenvalue weighted by Gasteiger charge is -2.35. The number of nitrogens with one attached hydrogen (secondary N) is 2. The summed E-state index contributed by atoms with van der Waals surface area (Å²) in [5.41, 5.74) is 5.22. The summed E-state index contributed by atoms with van der Waals surface area (Å²) in [6, 6.07) is 34.8. The third-order valence-electron chi connectivity index (χ3n) is 7.17. The minimum Gasteiger partial charge on any atom is -0.451 e. The van der Waals surface area contributed by atoms with Gasteiger partial charge in [0.2, 0.25) is 0 Å². The number of para-hydroxylation sites is 1. The lowest BCUT2D eigenvalue weighted by molar-refractivity contribution is 0.0717. The van der Waals surface area contributed by atoms with Crippen molar-refractivity contribution >= 4 is 51.5 Å². The fraction of sp³-hybridized carbons (Fsp3) is 0.121. The van der Waals surface area contributed by atoms with Gasteiger partial charge in [0.05, 0.1) is 0 Å². The van der Waals surface area contributed by atoms with E-state index in [1.807, 2.05) is 102 Å². The molecule has 1 saturated heterocycles. The molecule has 0 radical (unpaired) electrons. The van der Waals surface area contributed by atoms with Gasteiger partial charge < -0.3 is 19.5 Å². The number of hydrogen-bond donors (Lipinski definition) is 2. The highest BCUT2D eigenvalue weighted by molar-refractivity contribution is 7.80. The van der Waals surface area contributed by atoms with Gasteiger partial charge in [0.15, 0.2) is 10.9 Å². The maximum absolute atomic E-state index is 13.0. The molecule has 8 heteroatoms. The fourth-order valence-electron chi connectivity index (χ4n) is 4.95. The van der Waals surface area contributed by atoms with Crippen LogP contribution >= 0.6 is 12.2 Å². The predicted octanol–water partition coefficient (Wildman–Crippen LogP) is 6.19. The number of thiocarbonyl (C=S) groups is 1. The molecule has 6 rings (SSSR count). The maximum atomic E-state index is 13.0. The molecular weight excluding hydrogens is 532 g/mol. The van der Waals surface area contributed by atoms with Crippen LogP contribution in [0.1, 0.15) is 20.9 Å². The molecule has 1 aromatic heterocycles. The van der Waals surface area contributed by atoms with Crippen LogP contribution in [0.4, 0.5) is 11.4 Å². The Morgan fingerprint density at radius 2 is 1.39 bits per heavy atom. The molecule has 0 saturated carbocycles. The van der Waals surface area contributed by atoms with E-state index in [4.69, 9.17) is 16.6 Å². The summed E-state index contributed by atoms with van der Waals surface area (Å²) in [5.74, 6) is 0.0271. The van der Waals surface area contributed by atoms with Gasteiger partial charge >= 0.3 is 0 Å². The number of carbonyl (C=O) groups is 2. The standard InChI is InChI=1S/C33H28N4O3S/c38-31(25-12-10-24(11-13-25)23-6-2-1-3-7-23)35-33(41)34-27-14-16-28(17-15-27)36-18-20-37(21-19-36)32(39)30-22-26-8-4-5-9-29(26)40-30/h1-17,22H,18-21H2,(H2,34,35,38,41). The Bertz CT molecular complexity index is 1660. The van der Waals surface area contributed by atoms with Gasteiger partial charge in [0.1, 0.15) is 5.58 Å². The van der Waals surface area contributed by atoms with E-state index in [0.717, 1.165) is 46.6 Å². The minimum absolute atomic E-state index is 0.0805. The molecule has 4 aromatic carbocycles. The second kappa shape index (κ2) is 11.7. The van der Waals surface area contributed by atoms with Crippen LogP contribution in [0.25, 0.3) is 22.1 Å². The van der Waals surface area contributed by atoms with Crippen molar-refractivity contribution in [1.29, 1.82) is 0 Å². The van der Waals surface area contributed by atoms with Crippen LogP contribution < -0.4 is 15.5 Å². The first-order valence-corrected chi connectivity index (χ1v) is 13.8. The first-order chi connectivity index (χ1) is 20.0. The molecule has 1 aliphatic rings. The highest BCUT2D eigenvalue weighted by atomic mass is 32.1. The number of piperazine rings is 1. The molecule has 2 heterocycles. The molecule has 0 spiro atoms. The Kier molecular flexibility index (Phi) is 7.47. The molecule has 0 atom stereocenters. The monoisotopic (exact) mass is 560 g/mol. The van der Waals surface area contributed by atoms with Gasteiger partial charge in [-0.3, -0.25) is 14.9 Å². The molecule has 0 aliphatic carbocycles. The molecule has 5 aromatic rings. The van der Waals surface area contributed by atoms with Crippen molar-refractivity contribution in [3.8, 4) is 11.1 Å². The van der Waals surface area contributed by atoms with Crippen LogP contribution in [-0.2, 0) is 0 Å². The van der Waals surface area contributed by atoms with Crippen molar-refractivity contribution < 1.29 is 14.0 Å². The molecule has 0 bridgehead atoms. The van der Waals surface area contributed by atoms with Crippen LogP contribution in [0.15, 0.2) is 114 Å². The molecule has 1 aliphatic heterocycles. The lowest BCUT2D eigenvalue weighted by Crippen LogP contribution is -2.48. The third kappa shape index (κ3) is 5.97. The zero-order valence-corrected chi connectivity index (χ0v) is 23.1. The number of furan rings is 1. The Hall–Kier alpha value is -4.95. The number of fused-ring (bicyclic) bond motifs is 1. The van der Waals surface area contributed by atoms with Crippen LogP contribution in [-0.4, -0.2) is 48.0 Å². The Labute approximate surface area is 243 Å². The number of benzene rings is 4. The van der Waals surface area contributed by atoms with E-state index >= 15 is 0 Å². The number of amides is 2. The number of hydrogen-bond acceptors (Lipinski definition) is 5. The van der Waals surface area contributed by atoms with Crippen molar-refractivity contribution in [2.75, 3.05) is 36.4 Å². The second-order valence-electron chi connectivity index (χ2n) is 9.83. The molecule has 1 fully saturated rings. The SMILES string of the molecule is O=C(NC(=S)Nc1ccc(N2CCN(C(=O)c3cc4ccccc4o3)CC2)cc1)c1ccc(-c2ccccc2)cc1. The molecular formula is C33H28N4O3S. The molecule has 204 valence electrons. The Morgan fingerprint density at radius 1 is 0.732 bits per heavy atom. The average Bonchev–Trinajstić information content (AvgIpc) is 3.46. The van der Waals surface area contributed by atoms with E-state index in [2.05, 4.69) is 15.5 Å². The predicted molar refractivity (Wildman–Crippen MR) is 166 cm³/mol. The van der Waals surface area contributed by atoms with Crippen molar-refractivity contribution in [3.05, 3.63) is 121 Å². The van der Waals surface area contributed by atoms with E-state index in [9.17, 15) is 9.59 Å². The summed E-state index contributed by atoms with van der Waals surface area (Å²) >= 11 is 5.37. The van der Waals surface area contributed by atoms with Crippen molar-refractivity contribution in [2.45, 2.75) is 0 Å². The Morgan fingerprint density at radius 3 is 2.10 bits per heavy atom. The topological polar surface area (TPSA) is 77.8 Å². The first kappa shape index (κ1) is 26.3.